The average molecular weight is 388 g/mol. The predicted molar refractivity (Wildman–Crippen MR) is 109 cm³/mol. The van der Waals surface area contributed by atoms with Crippen LogP contribution < -0.4 is 0 Å². The molecule has 0 saturated carbocycles. The lowest BCUT2D eigenvalue weighted by Crippen LogP contribution is -2.10. The second-order valence-corrected chi connectivity index (χ2v) is 7.31. The van der Waals surface area contributed by atoms with E-state index in [9.17, 15) is 4.39 Å². The second-order valence-electron chi connectivity index (χ2n) is 7.31. The summed E-state index contributed by atoms with van der Waals surface area (Å²) < 4.78 is 21.2. The minimum Gasteiger partial charge on any atom is -0.381 e. The molecule has 146 valence electrons. The van der Waals surface area contributed by atoms with Crippen LogP contribution in [0.2, 0.25) is 0 Å². The van der Waals surface area contributed by atoms with Crippen molar-refractivity contribution in [2.45, 2.75) is 18.9 Å². The lowest BCUT2D eigenvalue weighted by Gasteiger charge is -2.15. The first kappa shape index (κ1) is 17.8. The third kappa shape index (κ3) is 3.47. The maximum atomic E-state index is 13.3. The van der Waals surface area contributed by atoms with Crippen LogP contribution in [0.1, 0.15) is 23.6 Å². The average Bonchev–Trinajstić information content (AvgIpc) is 3.50. The molecule has 5 rings (SSSR count). The highest BCUT2D eigenvalue weighted by molar-refractivity contribution is 5.64. The van der Waals surface area contributed by atoms with Gasteiger partial charge >= 0.3 is 0 Å². The Bertz CT molecular complexity index is 1100. The number of aromatic nitrogens is 4. The number of imidazole rings is 1. The summed E-state index contributed by atoms with van der Waals surface area (Å²) in [7, 11) is 0. The van der Waals surface area contributed by atoms with Crippen LogP contribution in [0.3, 0.4) is 0 Å². The highest BCUT2D eigenvalue weighted by Crippen LogP contribution is 2.34. The zero-order valence-corrected chi connectivity index (χ0v) is 15.9. The number of ether oxygens (including phenoxy) is 1. The van der Waals surface area contributed by atoms with Crippen molar-refractivity contribution in [2.24, 2.45) is 0 Å². The summed E-state index contributed by atoms with van der Waals surface area (Å²) in [6.45, 7) is 2.12. The molecule has 1 fully saturated rings. The van der Waals surface area contributed by atoms with Crippen LogP contribution in [0.4, 0.5) is 4.39 Å². The van der Waals surface area contributed by atoms with Gasteiger partial charge in [0.2, 0.25) is 0 Å². The molecule has 2 aromatic carbocycles. The molecule has 3 heterocycles. The molecular weight excluding hydrogens is 367 g/mol. The molecule has 0 aliphatic carbocycles. The second kappa shape index (κ2) is 7.64. The van der Waals surface area contributed by atoms with Crippen molar-refractivity contribution in [3.63, 3.8) is 0 Å². The Labute approximate surface area is 168 Å². The third-order valence-corrected chi connectivity index (χ3v) is 5.43. The molecule has 1 atom stereocenters. The normalized spacial score (nSPS) is 16.4. The summed E-state index contributed by atoms with van der Waals surface area (Å²) in [6.07, 6.45) is 4.72. The van der Waals surface area contributed by atoms with Gasteiger partial charge in [-0.2, -0.15) is 5.10 Å². The molecule has 1 aliphatic heterocycles. The van der Waals surface area contributed by atoms with Gasteiger partial charge in [-0.15, -0.1) is 0 Å². The van der Waals surface area contributed by atoms with Crippen molar-refractivity contribution in [3.8, 4) is 22.5 Å². The molecule has 0 spiro atoms. The predicted octanol–water partition coefficient (Wildman–Crippen LogP) is 4.63. The Morgan fingerprint density at radius 2 is 1.90 bits per heavy atom. The Hall–Kier alpha value is -3.25. The number of H-pyrrole nitrogens is 1. The van der Waals surface area contributed by atoms with Gasteiger partial charge < -0.3 is 9.30 Å². The molecule has 0 bridgehead atoms. The van der Waals surface area contributed by atoms with E-state index in [1.54, 1.807) is 12.1 Å². The van der Waals surface area contributed by atoms with Gasteiger partial charge in [0.25, 0.3) is 0 Å². The van der Waals surface area contributed by atoms with E-state index in [1.165, 1.54) is 17.8 Å². The Balaban J connectivity index is 1.53. The van der Waals surface area contributed by atoms with E-state index in [0.717, 1.165) is 41.1 Å². The summed E-state index contributed by atoms with van der Waals surface area (Å²) in [5.74, 6) is 0.0642. The van der Waals surface area contributed by atoms with Crippen molar-refractivity contribution in [3.05, 3.63) is 84.2 Å². The number of halogens is 1. The highest BCUT2D eigenvalue weighted by Gasteiger charge is 2.26. The maximum absolute atomic E-state index is 13.3. The molecule has 0 radical (unpaired) electrons. The van der Waals surface area contributed by atoms with E-state index in [4.69, 9.17) is 9.72 Å². The van der Waals surface area contributed by atoms with E-state index >= 15 is 0 Å². The van der Waals surface area contributed by atoms with Gasteiger partial charge in [-0.3, -0.25) is 5.10 Å². The monoisotopic (exact) mass is 388 g/mol. The lowest BCUT2D eigenvalue weighted by molar-refractivity contribution is 0.193. The summed E-state index contributed by atoms with van der Waals surface area (Å²) in [5.41, 5.74) is 6.16. The zero-order chi connectivity index (χ0) is 19.6. The Kier molecular flexibility index (Phi) is 4.69. The quantitative estimate of drug-likeness (QED) is 0.542. The van der Waals surface area contributed by atoms with Crippen molar-refractivity contribution in [1.29, 1.82) is 0 Å². The molecule has 1 saturated heterocycles. The fraction of sp³-hybridized carbons (Fsp3) is 0.217. The SMILES string of the molecule is Fc1ccc(-c2[nH]ncc2Cn2cnc(-c3ccccc3)c2[C@@H]2CCOC2)cc1. The van der Waals surface area contributed by atoms with Gasteiger partial charge in [-0.25, -0.2) is 9.37 Å². The van der Waals surface area contributed by atoms with E-state index in [-0.39, 0.29) is 5.82 Å². The van der Waals surface area contributed by atoms with E-state index in [1.807, 2.05) is 30.7 Å². The largest absolute Gasteiger partial charge is 0.381 e. The van der Waals surface area contributed by atoms with Crippen LogP contribution in [0, 0.1) is 5.82 Å². The molecule has 5 nitrogen and oxygen atoms in total. The van der Waals surface area contributed by atoms with E-state index in [0.29, 0.717) is 19.1 Å². The fourth-order valence-electron chi connectivity index (χ4n) is 4.00. The summed E-state index contributed by atoms with van der Waals surface area (Å²) >= 11 is 0. The molecule has 1 aliphatic rings. The van der Waals surface area contributed by atoms with Crippen LogP contribution in [-0.2, 0) is 11.3 Å². The van der Waals surface area contributed by atoms with Crippen LogP contribution in [-0.4, -0.2) is 33.0 Å². The number of hydrogen-bond donors (Lipinski definition) is 1. The molecule has 0 unspecified atom stereocenters. The summed E-state index contributed by atoms with van der Waals surface area (Å²) in [5, 5.41) is 7.29. The first-order chi connectivity index (χ1) is 14.3. The Morgan fingerprint density at radius 3 is 2.66 bits per heavy atom. The molecule has 6 heteroatoms. The van der Waals surface area contributed by atoms with Gasteiger partial charge in [-0.05, 0) is 30.7 Å². The van der Waals surface area contributed by atoms with E-state index < -0.39 is 0 Å². The summed E-state index contributed by atoms with van der Waals surface area (Å²) in [6, 6.07) is 16.7. The summed E-state index contributed by atoms with van der Waals surface area (Å²) in [4.78, 5) is 4.75. The van der Waals surface area contributed by atoms with Gasteiger partial charge in [0.1, 0.15) is 5.82 Å². The number of nitrogens with one attached hydrogen (secondary N) is 1. The zero-order valence-electron chi connectivity index (χ0n) is 15.9. The number of aromatic amines is 1. The van der Waals surface area contributed by atoms with Gasteiger partial charge in [0.05, 0.1) is 42.8 Å². The smallest absolute Gasteiger partial charge is 0.123 e. The molecule has 1 N–H and O–H groups in total. The lowest BCUT2D eigenvalue weighted by atomic mass is 9.98. The van der Waals surface area contributed by atoms with Gasteiger partial charge in [0.15, 0.2) is 0 Å². The van der Waals surface area contributed by atoms with Gasteiger partial charge in [0, 0.05) is 29.2 Å². The number of nitrogens with zero attached hydrogens (tertiary/aromatic N) is 3. The molecule has 29 heavy (non-hydrogen) atoms. The number of rotatable bonds is 5. The molecule has 2 aromatic heterocycles. The molecule has 0 amide bonds. The van der Waals surface area contributed by atoms with Crippen LogP contribution in [0.25, 0.3) is 22.5 Å². The number of benzene rings is 2. The first-order valence-electron chi connectivity index (χ1n) is 9.76. The van der Waals surface area contributed by atoms with E-state index in [2.05, 4.69) is 26.9 Å². The third-order valence-electron chi connectivity index (χ3n) is 5.43. The highest BCUT2D eigenvalue weighted by atomic mass is 19.1. The molecular formula is C23H21FN4O. The minimum atomic E-state index is -0.250. The topological polar surface area (TPSA) is 55.7 Å². The first-order valence-corrected chi connectivity index (χ1v) is 9.76. The fourth-order valence-corrected chi connectivity index (χ4v) is 4.00. The number of hydrogen-bond acceptors (Lipinski definition) is 3. The van der Waals surface area contributed by atoms with Crippen molar-refractivity contribution in [2.75, 3.05) is 13.2 Å². The minimum absolute atomic E-state index is 0.250. The van der Waals surface area contributed by atoms with Crippen molar-refractivity contribution in [1.82, 2.24) is 19.7 Å². The van der Waals surface area contributed by atoms with Crippen LogP contribution >= 0.6 is 0 Å². The van der Waals surface area contributed by atoms with Crippen LogP contribution in [0.15, 0.2) is 67.1 Å². The molecule has 4 aromatic rings. The van der Waals surface area contributed by atoms with Crippen molar-refractivity contribution < 1.29 is 9.13 Å². The van der Waals surface area contributed by atoms with Gasteiger partial charge in [-0.1, -0.05) is 30.3 Å². The Morgan fingerprint density at radius 1 is 1.07 bits per heavy atom. The van der Waals surface area contributed by atoms with Crippen molar-refractivity contribution >= 4 is 0 Å². The maximum Gasteiger partial charge on any atom is 0.123 e. The standard InChI is InChI=1S/C23H21FN4O/c24-20-8-6-17(7-9-20)21-19(12-26-27-21)13-28-15-25-22(16-4-2-1-3-5-16)23(28)18-10-11-29-14-18/h1-9,12,15,18H,10-11,13-14H2,(H,26,27)/t18-/m1/s1. The van der Waals surface area contributed by atoms with Crippen LogP contribution in [0.5, 0.6) is 0 Å².